The Kier molecular flexibility index (Phi) is 8.16. The fraction of sp³-hybridized carbons (Fsp3) is 0.636. The molecule has 0 bridgehead atoms. The van der Waals surface area contributed by atoms with Crippen LogP contribution in [0.15, 0.2) is 30.3 Å². The SMILES string of the molecule is CCOC(=O)N1CCC(NC(=O)N2CCC(CNCc3ccccc3)CC2)CC1. The number of nitrogens with zero attached hydrogens (tertiary/aromatic N) is 2. The lowest BCUT2D eigenvalue weighted by Crippen LogP contribution is -2.52. The number of nitrogens with one attached hydrogen (secondary N) is 2. The molecule has 160 valence electrons. The zero-order valence-corrected chi connectivity index (χ0v) is 17.4. The summed E-state index contributed by atoms with van der Waals surface area (Å²) >= 11 is 0. The molecule has 3 rings (SSSR count). The van der Waals surface area contributed by atoms with Crippen LogP contribution in [0.1, 0.15) is 38.2 Å². The normalized spacial score (nSPS) is 18.5. The first-order valence-electron chi connectivity index (χ1n) is 10.9. The highest BCUT2D eigenvalue weighted by Gasteiger charge is 2.27. The number of amides is 3. The van der Waals surface area contributed by atoms with Gasteiger partial charge in [0.1, 0.15) is 0 Å². The van der Waals surface area contributed by atoms with Gasteiger partial charge in [0.2, 0.25) is 0 Å². The largest absolute Gasteiger partial charge is 0.450 e. The second kappa shape index (κ2) is 11.0. The van der Waals surface area contributed by atoms with Crippen molar-refractivity contribution in [1.82, 2.24) is 20.4 Å². The Morgan fingerprint density at radius 2 is 1.66 bits per heavy atom. The van der Waals surface area contributed by atoms with Gasteiger partial charge in [-0.2, -0.15) is 0 Å². The van der Waals surface area contributed by atoms with Crippen molar-refractivity contribution < 1.29 is 14.3 Å². The number of hydrogen-bond donors (Lipinski definition) is 2. The van der Waals surface area contributed by atoms with E-state index in [0.717, 1.165) is 51.9 Å². The molecule has 2 aliphatic rings. The molecule has 29 heavy (non-hydrogen) atoms. The number of benzene rings is 1. The molecule has 7 nitrogen and oxygen atoms in total. The number of piperidine rings is 2. The molecule has 3 amide bonds. The highest BCUT2D eigenvalue weighted by molar-refractivity contribution is 5.74. The number of carbonyl (C=O) groups excluding carboxylic acids is 2. The Labute approximate surface area is 173 Å². The van der Waals surface area contributed by atoms with E-state index in [1.807, 2.05) is 17.9 Å². The molecule has 2 aliphatic heterocycles. The predicted molar refractivity (Wildman–Crippen MR) is 113 cm³/mol. The Morgan fingerprint density at radius 1 is 1.00 bits per heavy atom. The molecule has 2 N–H and O–H groups in total. The molecule has 0 atom stereocenters. The first kappa shape index (κ1) is 21.4. The summed E-state index contributed by atoms with van der Waals surface area (Å²) in [5.41, 5.74) is 1.30. The fourth-order valence-electron chi connectivity index (χ4n) is 4.04. The lowest BCUT2D eigenvalue weighted by molar-refractivity contribution is 0.0947. The van der Waals surface area contributed by atoms with Crippen LogP contribution in [0.2, 0.25) is 0 Å². The minimum atomic E-state index is -0.250. The zero-order valence-electron chi connectivity index (χ0n) is 17.4. The van der Waals surface area contributed by atoms with E-state index in [1.54, 1.807) is 4.90 Å². The van der Waals surface area contributed by atoms with Crippen LogP contribution in [0.3, 0.4) is 0 Å². The van der Waals surface area contributed by atoms with Gasteiger partial charge in [-0.05, 0) is 50.6 Å². The first-order valence-corrected chi connectivity index (χ1v) is 10.9. The minimum Gasteiger partial charge on any atom is -0.450 e. The number of urea groups is 1. The maximum absolute atomic E-state index is 12.6. The second-order valence-electron chi connectivity index (χ2n) is 7.96. The highest BCUT2D eigenvalue weighted by atomic mass is 16.6. The van der Waals surface area contributed by atoms with Crippen LogP contribution >= 0.6 is 0 Å². The lowest BCUT2D eigenvalue weighted by atomic mass is 9.97. The van der Waals surface area contributed by atoms with Crippen LogP contribution < -0.4 is 10.6 Å². The van der Waals surface area contributed by atoms with Crippen molar-refractivity contribution in [3.63, 3.8) is 0 Å². The molecule has 0 unspecified atom stereocenters. The quantitative estimate of drug-likeness (QED) is 0.767. The third kappa shape index (κ3) is 6.63. The minimum absolute atomic E-state index is 0.0373. The fourth-order valence-corrected chi connectivity index (χ4v) is 4.04. The number of hydrogen-bond acceptors (Lipinski definition) is 4. The Bertz CT molecular complexity index is 639. The van der Waals surface area contributed by atoms with Gasteiger partial charge in [0.15, 0.2) is 0 Å². The van der Waals surface area contributed by atoms with E-state index in [4.69, 9.17) is 4.74 Å². The summed E-state index contributed by atoms with van der Waals surface area (Å²) in [4.78, 5) is 28.0. The molecule has 7 heteroatoms. The topological polar surface area (TPSA) is 73.9 Å². The first-order chi connectivity index (χ1) is 14.2. The van der Waals surface area contributed by atoms with Crippen LogP contribution in [-0.4, -0.2) is 67.3 Å². The van der Waals surface area contributed by atoms with Crippen LogP contribution in [0.4, 0.5) is 9.59 Å². The zero-order chi connectivity index (χ0) is 20.5. The molecular weight excluding hydrogens is 368 g/mol. The molecule has 1 aromatic carbocycles. The predicted octanol–water partition coefficient (Wildman–Crippen LogP) is 2.82. The van der Waals surface area contributed by atoms with E-state index in [-0.39, 0.29) is 18.2 Å². The third-order valence-corrected chi connectivity index (χ3v) is 5.86. The number of ether oxygens (including phenoxy) is 1. The van der Waals surface area contributed by atoms with Gasteiger partial charge in [0, 0.05) is 38.8 Å². The molecule has 0 aliphatic carbocycles. The molecule has 2 heterocycles. The maximum Gasteiger partial charge on any atom is 0.409 e. The average Bonchev–Trinajstić information content (AvgIpc) is 2.75. The summed E-state index contributed by atoms with van der Waals surface area (Å²) < 4.78 is 5.04. The van der Waals surface area contributed by atoms with Crippen molar-refractivity contribution in [3.8, 4) is 0 Å². The summed E-state index contributed by atoms with van der Waals surface area (Å²) in [6, 6.07) is 10.6. The number of likely N-dealkylation sites (tertiary alicyclic amines) is 2. The molecule has 2 saturated heterocycles. The monoisotopic (exact) mass is 402 g/mol. The van der Waals surface area contributed by atoms with Crippen LogP contribution in [0.5, 0.6) is 0 Å². The van der Waals surface area contributed by atoms with Gasteiger partial charge in [-0.1, -0.05) is 30.3 Å². The van der Waals surface area contributed by atoms with Crippen molar-refractivity contribution in [3.05, 3.63) is 35.9 Å². The summed E-state index contributed by atoms with van der Waals surface area (Å²) in [7, 11) is 0. The van der Waals surface area contributed by atoms with Gasteiger partial charge in [0.05, 0.1) is 6.61 Å². The van der Waals surface area contributed by atoms with Gasteiger partial charge < -0.3 is 25.2 Å². The molecule has 0 radical (unpaired) electrons. The average molecular weight is 403 g/mol. The van der Waals surface area contributed by atoms with Gasteiger partial charge in [0.25, 0.3) is 0 Å². The van der Waals surface area contributed by atoms with Gasteiger partial charge in [-0.15, -0.1) is 0 Å². The van der Waals surface area contributed by atoms with E-state index >= 15 is 0 Å². The molecular formula is C22H34N4O3. The third-order valence-electron chi connectivity index (χ3n) is 5.86. The van der Waals surface area contributed by atoms with Crippen molar-refractivity contribution in [1.29, 1.82) is 0 Å². The summed E-state index contributed by atoms with van der Waals surface area (Å²) in [6.45, 7) is 7.00. The van der Waals surface area contributed by atoms with E-state index in [9.17, 15) is 9.59 Å². The van der Waals surface area contributed by atoms with Crippen molar-refractivity contribution >= 4 is 12.1 Å². The Balaban J connectivity index is 1.30. The van der Waals surface area contributed by atoms with Crippen molar-refractivity contribution in [2.75, 3.05) is 39.3 Å². The summed E-state index contributed by atoms with van der Waals surface area (Å²) in [6.07, 6.45) is 3.39. The highest BCUT2D eigenvalue weighted by Crippen LogP contribution is 2.18. The summed E-state index contributed by atoms with van der Waals surface area (Å²) in [5.74, 6) is 0.621. The van der Waals surface area contributed by atoms with Gasteiger partial charge >= 0.3 is 12.1 Å². The molecule has 2 fully saturated rings. The summed E-state index contributed by atoms with van der Waals surface area (Å²) in [5, 5.41) is 6.69. The Hall–Kier alpha value is -2.28. The number of rotatable bonds is 6. The van der Waals surface area contributed by atoms with Crippen LogP contribution in [0, 0.1) is 5.92 Å². The van der Waals surface area contributed by atoms with Gasteiger partial charge in [-0.3, -0.25) is 0 Å². The number of carbonyl (C=O) groups is 2. The van der Waals surface area contributed by atoms with E-state index in [1.165, 1.54) is 5.56 Å². The van der Waals surface area contributed by atoms with E-state index < -0.39 is 0 Å². The van der Waals surface area contributed by atoms with Gasteiger partial charge in [-0.25, -0.2) is 9.59 Å². The van der Waals surface area contributed by atoms with Crippen molar-refractivity contribution in [2.45, 2.75) is 45.2 Å². The standard InChI is InChI=1S/C22H34N4O3/c1-2-29-22(28)26-14-10-20(11-15-26)24-21(27)25-12-8-19(9-13-25)17-23-16-18-6-4-3-5-7-18/h3-7,19-20,23H,2,8-17H2,1H3,(H,24,27). The molecule has 0 aromatic heterocycles. The van der Waals surface area contributed by atoms with Crippen molar-refractivity contribution in [2.24, 2.45) is 5.92 Å². The molecule has 1 aromatic rings. The van der Waals surface area contributed by atoms with Crippen LogP contribution in [0.25, 0.3) is 0 Å². The lowest BCUT2D eigenvalue weighted by Gasteiger charge is -2.35. The Morgan fingerprint density at radius 3 is 2.31 bits per heavy atom. The second-order valence-corrected chi connectivity index (χ2v) is 7.96. The van der Waals surface area contributed by atoms with E-state index in [2.05, 4.69) is 34.9 Å². The van der Waals surface area contributed by atoms with Crippen LogP contribution in [-0.2, 0) is 11.3 Å². The molecule has 0 saturated carbocycles. The smallest absolute Gasteiger partial charge is 0.409 e. The van der Waals surface area contributed by atoms with E-state index in [0.29, 0.717) is 25.6 Å². The maximum atomic E-state index is 12.6. The molecule has 0 spiro atoms.